The molecule has 7 nitrogen and oxygen atoms in total. The number of aromatic nitrogens is 4. The van der Waals surface area contributed by atoms with Gasteiger partial charge in [-0.1, -0.05) is 18.2 Å². The summed E-state index contributed by atoms with van der Waals surface area (Å²) in [6, 6.07) is 15.6. The van der Waals surface area contributed by atoms with Crippen LogP contribution in [0.5, 0.6) is 5.88 Å². The lowest BCUT2D eigenvalue weighted by Gasteiger charge is -2.11. The Morgan fingerprint density at radius 1 is 0.931 bits per heavy atom. The molecule has 0 aliphatic heterocycles. The number of methoxy groups -OCH3 is 1. The highest BCUT2D eigenvalue weighted by molar-refractivity contribution is 5.90. The Kier molecular flexibility index (Phi) is 5.87. The molecule has 0 atom stereocenters. The molecule has 0 radical (unpaired) electrons. The minimum absolute atomic E-state index is 0.478. The standard InChI is InChI=1S/C22H21N5O2/c1-28-12-13-29-20-7-6-16(14-24-20)15-25-22-18-4-2-3-5-19(18)26-21(27-22)17-8-10-23-11-9-17/h2-11,14H,12-13,15H2,1H3,(H,25,26,27). The molecular formula is C22H21N5O2. The number of hydrogen-bond donors (Lipinski definition) is 1. The summed E-state index contributed by atoms with van der Waals surface area (Å²) in [6.45, 7) is 1.60. The van der Waals surface area contributed by atoms with Gasteiger partial charge in [-0.2, -0.15) is 0 Å². The maximum atomic E-state index is 5.50. The summed E-state index contributed by atoms with van der Waals surface area (Å²) in [5.74, 6) is 2.02. The molecule has 0 saturated carbocycles. The van der Waals surface area contributed by atoms with Crippen LogP contribution in [0.4, 0.5) is 5.82 Å². The molecule has 146 valence electrons. The first-order valence-corrected chi connectivity index (χ1v) is 9.31. The van der Waals surface area contributed by atoms with E-state index in [9.17, 15) is 0 Å². The van der Waals surface area contributed by atoms with Gasteiger partial charge >= 0.3 is 0 Å². The van der Waals surface area contributed by atoms with Gasteiger partial charge < -0.3 is 14.8 Å². The third kappa shape index (κ3) is 4.64. The largest absolute Gasteiger partial charge is 0.475 e. The lowest BCUT2D eigenvalue weighted by atomic mass is 10.2. The predicted octanol–water partition coefficient (Wildman–Crippen LogP) is 3.72. The number of nitrogens with zero attached hydrogens (tertiary/aromatic N) is 4. The minimum Gasteiger partial charge on any atom is -0.475 e. The molecule has 3 aromatic heterocycles. The van der Waals surface area contributed by atoms with Gasteiger partial charge in [0, 0.05) is 49.3 Å². The Labute approximate surface area is 168 Å². The Hall–Kier alpha value is -3.58. The maximum Gasteiger partial charge on any atom is 0.213 e. The van der Waals surface area contributed by atoms with Crippen molar-refractivity contribution < 1.29 is 9.47 Å². The zero-order valence-corrected chi connectivity index (χ0v) is 16.1. The number of benzene rings is 1. The molecule has 0 aliphatic carbocycles. The van der Waals surface area contributed by atoms with Crippen LogP contribution in [0.3, 0.4) is 0 Å². The molecule has 4 rings (SSSR count). The topological polar surface area (TPSA) is 82.0 Å². The molecule has 29 heavy (non-hydrogen) atoms. The fourth-order valence-electron chi connectivity index (χ4n) is 2.86. The van der Waals surface area contributed by atoms with Crippen molar-refractivity contribution in [2.24, 2.45) is 0 Å². The van der Waals surface area contributed by atoms with E-state index in [1.54, 1.807) is 25.7 Å². The van der Waals surface area contributed by atoms with Gasteiger partial charge in [-0.05, 0) is 29.8 Å². The van der Waals surface area contributed by atoms with Gasteiger partial charge in [0.2, 0.25) is 5.88 Å². The number of para-hydroxylation sites is 1. The monoisotopic (exact) mass is 387 g/mol. The van der Waals surface area contributed by atoms with E-state index in [2.05, 4.69) is 15.3 Å². The van der Waals surface area contributed by atoms with Crippen molar-refractivity contribution in [3.05, 3.63) is 72.7 Å². The average Bonchev–Trinajstić information content (AvgIpc) is 2.79. The van der Waals surface area contributed by atoms with E-state index in [1.165, 1.54) is 0 Å². The van der Waals surface area contributed by atoms with E-state index in [1.807, 2.05) is 48.5 Å². The summed E-state index contributed by atoms with van der Waals surface area (Å²) in [4.78, 5) is 17.8. The second-order valence-corrected chi connectivity index (χ2v) is 6.35. The van der Waals surface area contributed by atoms with Crippen LogP contribution in [0.1, 0.15) is 5.56 Å². The molecule has 0 amide bonds. The first-order valence-electron chi connectivity index (χ1n) is 9.31. The van der Waals surface area contributed by atoms with E-state index in [-0.39, 0.29) is 0 Å². The maximum absolute atomic E-state index is 5.50. The normalized spacial score (nSPS) is 10.8. The van der Waals surface area contributed by atoms with Crippen LogP contribution >= 0.6 is 0 Å². The lowest BCUT2D eigenvalue weighted by molar-refractivity contribution is 0.143. The van der Waals surface area contributed by atoms with Crippen LogP contribution in [0.15, 0.2) is 67.1 Å². The molecular weight excluding hydrogens is 366 g/mol. The van der Waals surface area contributed by atoms with E-state index < -0.39 is 0 Å². The first kappa shape index (κ1) is 18.8. The average molecular weight is 387 g/mol. The molecule has 0 saturated heterocycles. The Balaban J connectivity index is 1.54. The van der Waals surface area contributed by atoms with Crippen molar-refractivity contribution in [3.8, 4) is 17.3 Å². The number of ether oxygens (including phenoxy) is 2. The lowest BCUT2D eigenvalue weighted by Crippen LogP contribution is -2.07. The van der Waals surface area contributed by atoms with Crippen molar-refractivity contribution in [2.75, 3.05) is 25.6 Å². The summed E-state index contributed by atoms with van der Waals surface area (Å²) in [5, 5.41) is 4.39. The Morgan fingerprint density at radius 2 is 1.79 bits per heavy atom. The highest BCUT2D eigenvalue weighted by Crippen LogP contribution is 2.25. The van der Waals surface area contributed by atoms with E-state index in [0.29, 0.717) is 31.5 Å². The Morgan fingerprint density at radius 3 is 2.59 bits per heavy atom. The third-order valence-corrected chi connectivity index (χ3v) is 4.34. The number of anilines is 1. The molecule has 0 unspecified atom stereocenters. The van der Waals surface area contributed by atoms with Gasteiger partial charge in [0.25, 0.3) is 0 Å². The van der Waals surface area contributed by atoms with Crippen LogP contribution in [0.25, 0.3) is 22.3 Å². The summed E-state index contributed by atoms with van der Waals surface area (Å²) in [7, 11) is 1.64. The summed E-state index contributed by atoms with van der Waals surface area (Å²) in [5.41, 5.74) is 2.84. The van der Waals surface area contributed by atoms with Crippen molar-refractivity contribution in [2.45, 2.75) is 6.54 Å². The second-order valence-electron chi connectivity index (χ2n) is 6.35. The highest BCUT2D eigenvalue weighted by Gasteiger charge is 2.09. The van der Waals surface area contributed by atoms with Crippen LogP contribution < -0.4 is 10.1 Å². The second kappa shape index (κ2) is 9.07. The van der Waals surface area contributed by atoms with Crippen molar-refractivity contribution >= 4 is 16.7 Å². The van der Waals surface area contributed by atoms with Gasteiger partial charge in [0.05, 0.1) is 12.1 Å². The minimum atomic E-state index is 0.478. The highest BCUT2D eigenvalue weighted by atomic mass is 16.5. The van der Waals surface area contributed by atoms with Crippen LogP contribution in [-0.4, -0.2) is 40.3 Å². The third-order valence-electron chi connectivity index (χ3n) is 4.34. The fraction of sp³-hybridized carbons (Fsp3) is 0.182. The summed E-state index contributed by atoms with van der Waals surface area (Å²) in [6.07, 6.45) is 5.27. The van der Waals surface area contributed by atoms with Crippen molar-refractivity contribution in [1.82, 2.24) is 19.9 Å². The molecule has 0 spiro atoms. The number of rotatable bonds is 8. The van der Waals surface area contributed by atoms with Crippen molar-refractivity contribution in [1.29, 1.82) is 0 Å². The molecule has 0 fully saturated rings. The van der Waals surface area contributed by atoms with Gasteiger partial charge in [0.1, 0.15) is 12.4 Å². The number of pyridine rings is 2. The van der Waals surface area contributed by atoms with Crippen LogP contribution in [0, 0.1) is 0 Å². The SMILES string of the molecule is COCCOc1ccc(CNc2nc(-c3ccncc3)nc3ccccc23)cn1. The molecule has 1 N–H and O–H groups in total. The molecule has 3 heterocycles. The first-order chi connectivity index (χ1) is 14.3. The summed E-state index contributed by atoms with van der Waals surface area (Å²) < 4.78 is 10.5. The number of fused-ring (bicyclic) bond motifs is 1. The smallest absolute Gasteiger partial charge is 0.213 e. The number of nitrogens with one attached hydrogen (secondary N) is 1. The number of hydrogen-bond acceptors (Lipinski definition) is 7. The molecule has 0 bridgehead atoms. The van der Waals surface area contributed by atoms with Gasteiger partial charge in [0.15, 0.2) is 5.82 Å². The zero-order valence-electron chi connectivity index (χ0n) is 16.1. The molecule has 7 heteroatoms. The van der Waals surface area contributed by atoms with Gasteiger partial charge in [-0.3, -0.25) is 4.98 Å². The van der Waals surface area contributed by atoms with Crippen LogP contribution in [-0.2, 0) is 11.3 Å². The van der Waals surface area contributed by atoms with Gasteiger partial charge in [-0.15, -0.1) is 0 Å². The summed E-state index contributed by atoms with van der Waals surface area (Å²) >= 11 is 0. The van der Waals surface area contributed by atoms with Crippen LogP contribution in [0.2, 0.25) is 0 Å². The Bertz CT molecular complexity index is 1070. The molecule has 4 aromatic rings. The van der Waals surface area contributed by atoms with E-state index in [0.717, 1.165) is 27.8 Å². The predicted molar refractivity (Wildman–Crippen MR) is 112 cm³/mol. The quantitative estimate of drug-likeness (QED) is 0.461. The van der Waals surface area contributed by atoms with E-state index in [4.69, 9.17) is 19.4 Å². The van der Waals surface area contributed by atoms with E-state index >= 15 is 0 Å². The molecule has 1 aromatic carbocycles. The molecule has 0 aliphatic rings. The zero-order chi connectivity index (χ0) is 19.9. The van der Waals surface area contributed by atoms with Crippen molar-refractivity contribution in [3.63, 3.8) is 0 Å². The fourth-order valence-corrected chi connectivity index (χ4v) is 2.86. The van der Waals surface area contributed by atoms with Gasteiger partial charge in [-0.25, -0.2) is 15.0 Å².